The van der Waals surface area contributed by atoms with Crippen molar-refractivity contribution < 1.29 is 4.74 Å². The smallest absolute Gasteiger partial charge is 0.133 e. The summed E-state index contributed by atoms with van der Waals surface area (Å²) >= 11 is 3.37. The molecule has 0 aliphatic heterocycles. The molecule has 0 spiro atoms. The largest absolute Gasteiger partial charge is 0.382 e. The van der Waals surface area contributed by atoms with Gasteiger partial charge in [-0.25, -0.2) is 0 Å². The molecule has 4 nitrogen and oxygen atoms in total. The molecule has 5 heteroatoms. The maximum atomic E-state index is 10.5. The molecule has 0 radical (unpaired) electrons. The molecular weight excluding hydrogens is 248 g/mol. The van der Waals surface area contributed by atoms with Gasteiger partial charge in [-0.05, 0) is 28.9 Å². The molecular formula is C9H13BrN2O2. The van der Waals surface area contributed by atoms with E-state index in [1.807, 2.05) is 23.8 Å². The van der Waals surface area contributed by atoms with E-state index < -0.39 is 0 Å². The molecule has 0 N–H and O–H groups in total. The first-order chi connectivity index (χ1) is 6.67. The Morgan fingerprint density at radius 2 is 2.43 bits per heavy atom. The van der Waals surface area contributed by atoms with Gasteiger partial charge in [-0.15, -0.1) is 0 Å². The van der Waals surface area contributed by atoms with Crippen LogP contribution in [0.3, 0.4) is 0 Å². The third-order valence-corrected chi connectivity index (χ3v) is 2.43. The number of nitroso groups, excluding NO2 is 1. The molecule has 1 aromatic heterocycles. The second-order valence-electron chi connectivity index (χ2n) is 3.17. The maximum Gasteiger partial charge on any atom is 0.133 e. The lowest BCUT2D eigenvalue weighted by Crippen LogP contribution is -2.19. The van der Waals surface area contributed by atoms with Crippen molar-refractivity contribution in [1.82, 2.24) is 4.57 Å². The molecule has 0 saturated carbocycles. The third-order valence-electron chi connectivity index (χ3n) is 1.99. The summed E-state index contributed by atoms with van der Waals surface area (Å²) in [7, 11) is 1.57. The van der Waals surface area contributed by atoms with Crippen molar-refractivity contribution in [3.8, 4) is 0 Å². The van der Waals surface area contributed by atoms with Gasteiger partial charge in [0.05, 0.1) is 13.2 Å². The standard InChI is InChI=1S/C9H13BrN2O2/c1-7-3-8(10)4-12(7)5-9(11-13)6-14-2/h3-4,9H,5-6H2,1-2H3/t9-/m1/s1. The lowest BCUT2D eigenvalue weighted by atomic mass is 10.3. The van der Waals surface area contributed by atoms with Crippen LogP contribution in [0.1, 0.15) is 5.69 Å². The van der Waals surface area contributed by atoms with Gasteiger partial charge >= 0.3 is 0 Å². The first kappa shape index (κ1) is 11.4. The van der Waals surface area contributed by atoms with E-state index in [2.05, 4.69) is 21.1 Å². The summed E-state index contributed by atoms with van der Waals surface area (Å²) in [6.45, 7) is 2.91. The summed E-state index contributed by atoms with van der Waals surface area (Å²) in [5.41, 5.74) is 1.10. The van der Waals surface area contributed by atoms with Crippen LogP contribution in [-0.4, -0.2) is 24.3 Å². The molecule has 0 aromatic carbocycles. The van der Waals surface area contributed by atoms with Gasteiger partial charge in [0.25, 0.3) is 0 Å². The van der Waals surface area contributed by atoms with Crippen molar-refractivity contribution in [1.29, 1.82) is 0 Å². The van der Waals surface area contributed by atoms with E-state index in [9.17, 15) is 4.91 Å². The zero-order valence-corrected chi connectivity index (χ0v) is 9.82. The number of halogens is 1. The van der Waals surface area contributed by atoms with Crippen LogP contribution >= 0.6 is 15.9 Å². The van der Waals surface area contributed by atoms with E-state index in [0.717, 1.165) is 10.2 Å². The Hall–Kier alpha value is -0.680. The zero-order valence-electron chi connectivity index (χ0n) is 8.24. The molecule has 0 fully saturated rings. The summed E-state index contributed by atoms with van der Waals surface area (Å²) in [5.74, 6) is 0. The summed E-state index contributed by atoms with van der Waals surface area (Å²) in [4.78, 5) is 10.5. The monoisotopic (exact) mass is 260 g/mol. The van der Waals surface area contributed by atoms with Gasteiger partial charge in [0.15, 0.2) is 0 Å². The van der Waals surface area contributed by atoms with Crippen LogP contribution in [-0.2, 0) is 11.3 Å². The van der Waals surface area contributed by atoms with E-state index in [-0.39, 0.29) is 6.04 Å². The summed E-state index contributed by atoms with van der Waals surface area (Å²) in [6.07, 6.45) is 1.93. The molecule has 1 rings (SSSR count). The molecule has 0 bridgehead atoms. The minimum Gasteiger partial charge on any atom is -0.382 e. The minimum atomic E-state index is -0.321. The second-order valence-corrected chi connectivity index (χ2v) is 4.08. The zero-order chi connectivity index (χ0) is 10.6. The molecule has 0 amide bonds. The highest BCUT2D eigenvalue weighted by Crippen LogP contribution is 2.14. The molecule has 0 unspecified atom stereocenters. The fraction of sp³-hybridized carbons (Fsp3) is 0.556. The Morgan fingerprint density at radius 1 is 1.71 bits per heavy atom. The molecule has 1 atom stereocenters. The number of aryl methyl sites for hydroxylation is 1. The van der Waals surface area contributed by atoms with Crippen molar-refractivity contribution >= 4 is 15.9 Å². The first-order valence-electron chi connectivity index (χ1n) is 4.31. The first-order valence-corrected chi connectivity index (χ1v) is 5.10. The van der Waals surface area contributed by atoms with Gasteiger partial charge in [-0.3, -0.25) is 0 Å². The molecule has 0 aliphatic rings. The fourth-order valence-corrected chi connectivity index (χ4v) is 1.88. The number of ether oxygens (including phenoxy) is 1. The van der Waals surface area contributed by atoms with Gasteiger partial charge in [0.2, 0.25) is 0 Å². The summed E-state index contributed by atoms with van der Waals surface area (Å²) in [6, 6.07) is 1.67. The number of aromatic nitrogens is 1. The topological polar surface area (TPSA) is 43.6 Å². The van der Waals surface area contributed by atoms with E-state index >= 15 is 0 Å². The van der Waals surface area contributed by atoms with Gasteiger partial charge < -0.3 is 9.30 Å². The van der Waals surface area contributed by atoms with Crippen LogP contribution in [0, 0.1) is 11.8 Å². The fourth-order valence-electron chi connectivity index (χ4n) is 1.30. The predicted molar refractivity (Wildman–Crippen MR) is 58.3 cm³/mol. The van der Waals surface area contributed by atoms with Crippen molar-refractivity contribution in [2.45, 2.75) is 19.5 Å². The van der Waals surface area contributed by atoms with E-state index in [1.54, 1.807) is 7.11 Å². The average Bonchev–Trinajstić information content (AvgIpc) is 2.44. The number of methoxy groups -OCH3 is 1. The van der Waals surface area contributed by atoms with Crippen molar-refractivity contribution in [3.05, 3.63) is 27.3 Å². The van der Waals surface area contributed by atoms with Crippen molar-refractivity contribution in [3.63, 3.8) is 0 Å². The molecule has 1 aromatic rings. The SMILES string of the molecule is COC[C@@H](Cn1cc(Br)cc1C)N=O. The lowest BCUT2D eigenvalue weighted by molar-refractivity contribution is 0.173. The van der Waals surface area contributed by atoms with Gasteiger partial charge in [0.1, 0.15) is 6.04 Å². The molecule has 1 heterocycles. The van der Waals surface area contributed by atoms with Crippen molar-refractivity contribution in [2.75, 3.05) is 13.7 Å². The summed E-state index contributed by atoms with van der Waals surface area (Å²) < 4.78 is 7.89. The quantitative estimate of drug-likeness (QED) is 0.763. The number of nitrogens with zero attached hydrogens (tertiary/aromatic N) is 2. The highest BCUT2D eigenvalue weighted by Gasteiger charge is 2.10. The summed E-state index contributed by atoms with van der Waals surface area (Å²) in [5, 5.41) is 3.01. The molecule has 78 valence electrons. The highest BCUT2D eigenvalue weighted by molar-refractivity contribution is 9.10. The Kier molecular flexibility index (Phi) is 4.28. The number of hydrogen-bond acceptors (Lipinski definition) is 3. The van der Waals surface area contributed by atoms with Crippen LogP contribution in [0.2, 0.25) is 0 Å². The second kappa shape index (κ2) is 5.26. The van der Waals surface area contributed by atoms with E-state index in [1.165, 1.54) is 0 Å². The maximum absolute atomic E-state index is 10.5. The third kappa shape index (κ3) is 2.92. The molecule has 14 heavy (non-hydrogen) atoms. The van der Waals surface area contributed by atoms with Gasteiger partial charge in [-0.2, -0.15) is 4.91 Å². The van der Waals surface area contributed by atoms with Crippen LogP contribution in [0.25, 0.3) is 0 Å². The van der Waals surface area contributed by atoms with Gasteiger partial charge in [0, 0.05) is 23.5 Å². The number of rotatable bonds is 5. The minimum absolute atomic E-state index is 0.321. The van der Waals surface area contributed by atoms with Crippen LogP contribution in [0.15, 0.2) is 21.9 Å². The van der Waals surface area contributed by atoms with Gasteiger partial charge in [-0.1, -0.05) is 5.18 Å². The van der Waals surface area contributed by atoms with Crippen LogP contribution in [0.5, 0.6) is 0 Å². The Labute approximate surface area is 91.4 Å². The normalized spacial score (nSPS) is 12.8. The van der Waals surface area contributed by atoms with Crippen LogP contribution < -0.4 is 0 Å². The van der Waals surface area contributed by atoms with Crippen molar-refractivity contribution in [2.24, 2.45) is 5.18 Å². The Balaban J connectivity index is 2.66. The molecule has 0 aliphatic carbocycles. The average molecular weight is 261 g/mol. The van der Waals surface area contributed by atoms with Crippen LogP contribution in [0.4, 0.5) is 0 Å². The highest BCUT2D eigenvalue weighted by atomic mass is 79.9. The Bertz CT molecular complexity index is 312. The Morgan fingerprint density at radius 3 is 2.86 bits per heavy atom. The molecule has 0 saturated heterocycles. The predicted octanol–water partition coefficient (Wildman–Crippen LogP) is 2.34. The van der Waals surface area contributed by atoms with E-state index in [4.69, 9.17) is 4.74 Å². The number of hydrogen-bond donors (Lipinski definition) is 0. The van der Waals surface area contributed by atoms with E-state index in [0.29, 0.717) is 13.2 Å². The lowest BCUT2D eigenvalue weighted by Gasteiger charge is -2.10.